The van der Waals surface area contributed by atoms with E-state index in [2.05, 4.69) is 20.1 Å². The number of aromatic amines is 1. The minimum Gasteiger partial charge on any atom is -0.458 e. The van der Waals surface area contributed by atoms with E-state index in [0.29, 0.717) is 6.61 Å². The van der Waals surface area contributed by atoms with Crippen LogP contribution in [0.1, 0.15) is 24.2 Å². The molecule has 0 radical (unpaired) electrons. The van der Waals surface area contributed by atoms with Crippen LogP contribution in [0.4, 0.5) is 0 Å². The molecule has 0 aromatic carbocycles. The minimum atomic E-state index is 0.260. The summed E-state index contributed by atoms with van der Waals surface area (Å²) in [5.74, 6) is 1.80. The van der Waals surface area contributed by atoms with Gasteiger partial charge < -0.3 is 9.15 Å². The molecular formula is C19H22N4O2. The summed E-state index contributed by atoms with van der Waals surface area (Å²) in [6.45, 7) is 3.44. The SMILES string of the molecule is c1cncc(COC2CCCN(Cc3ccc(-c4ccn[nH]4)o3)C2)c1. The first kappa shape index (κ1) is 16.1. The van der Waals surface area contributed by atoms with Crippen molar-refractivity contribution >= 4 is 0 Å². The highest BCUT2D eigenvalue weighted by Crippen LogP contribution is 2.22. The van der Waals surface area contributed by atoms with Crippen LogP contribution in [0, 0.1) is 0 Å². The molecular weight excluding hydrogens is 316 g/mol. The van der Waals surface area contributed by atoms with Gasteiger partial charge in [0.1, 0.15) is 11.5 Å². The van der Waals surface area contributed by atoms with Gasteiger partial charge in [0.15, 0.2) is 5.76 Å². The van der Waals surface area contributed by atoms with Gasteiger partial charge in [0, 0.05) is 25.1 Å². The van der Waals surface area contributed by atoms with Crippen LogP contribution in [-0.4, -0.2) is 39.3 Å². The van der Waals surface area contributed by atoms with Crippen LogP contribution in [0.3, 0.4) is 0 Å². The zero-order valence-corrected chi connectivity index (χ0v) is 14.1. The summed E-state index contributed by atoms with van der Waals surface area (Å²) in [6.07, 6.45) is 7.88. The molecule has 3 aromatic heterocycles. The number of piperidine rings is 1. The van der Waals surface area contributed by atoms with Crippen LogP contribution in [0.5, 0.6) is 0 Å². The summed E-state index contributed by atoms with van der Waals surface area (Å²) in [5, 5.41) is 6.89. The molecule has 4 rings (SSSR count). The van der Waals surface area contributed by atoms with E-state index in [1.807, 2.05) is 36.5 Å². The largest absolute Gasteiger partial charge is 0.458 e. The molecule has 6 heteroatoms. The molecule has 130 valence electrons. The van der Waals surface area contributed by atoms with Crippen molar-refractivity contribution in [2.24, 2.45) is 0 Å². The highest BCUT2D eigenvalue weighted by Gasteiger charge is 2.21. The van der Waals surface area contributed by atoms with Crippen molar-refractivity contribution in [1.29, 1.82) is 0 Å². The average Bonchev–Trinajstić information content (AvgIpc) is 3.33. The molecule has 0 amide bonds. The fourth-order valence-corrected chi connectivity index (χ4v) is 3.21. The zero-order valence-electron chi connectivity index (χ0n) is 14.1. The third-order valence-corrected chi connectivity index (χ3v) is 4.48. The molecule has 1 N–H and O–H groups in total. The van der Waals surface area contributed by atoms with Crippen molar-refractivity contribution in [1.82, 2.24) is 20.1 Å². The van der Waals surface area contributed by atoms with Crippen LogP contribution in [0.2, 0.25) is 0 Å². The summed E-state index contributed by atoms with van der Waals surface area (Å²) >= 11 is 0. The van der Waals surface area contributed by atoms with Gasteiger partial charge in [0.05, 0.1) is 19.3 Å². The maximum Gasteiger partial charge on any atom is 0.152 e. The molecule has 0 bridgehead atoms. The number of hydrogen-bond acceptors (Lipinski definition) is 5. The molecule has 1 unspecified atom stereocenters. The van der Waals surface area contributed by atoms with E-state index in [1.54, 1.807) is 12.4 Å². The molecule has 1 saturated heterocycles. The van der Waals surface area contributed by atoms with Gasteiger partial charge in [0.25, 0.3) is 0 Å². The Kier molecular flexibility index (Phi) is 4.90. The Labute approximate surface area is 146 Å². The first-order chi connectivity index (χ1) is 12.4. The predicted molar refractivity (Wildman–Crippen MR) is 93.6 cm³/mol. The molecule has 0 saturated carbocycles. The van der Waals surface area contributed by atoms with Gasteiger partial charge in [-0.1, -0.05) is 6.07 Å². The smallest absolute Gasteiger partial charge is 0.152 e. The third kappa shape index (κ3) is 4.15. The number of rotatable bonds is 6. The predicted octanol–water partition coefficient (Wildman–Crippen LogP) is 3.25. The molecule has 1 fully saturated rings. The second-order valence-electron chi connectivity index (χ2n) is 6.41. The van der Waals surface area contributed by atoms with Gasteiger partial charge in [-0.2, -0.15) is 5.10 Å². The molecule has 25 heavy (non-hydrogen) atoms. The molecule has 1 atom stereocenters. The number of ether oxygens (including phenoxy) is 1. The highest BCUT2D eigenvalue weighted by atomic mass is 16.5. The van der Waals surface area contributed by atoms with Crippen molar-refractivity contribution in [3.8, 4) is 11.5 Å². The quantitative estimate of drug-likeness (QED) is 0.747. The third-order valence-electron chi connectivity index (χ3n) is 4.48. The molecule has 3 aromatic rings. The van der Waals surface area contributed by atoms with Gasteiger partial charge in [-0.15, -0.1) is 0 Å². The number of hydrogen-bond donors (Lipinski definition) is 1. The fourth-order valence-electron chi connectivity index (χ4n) is 3.21. The number of nitrogens with zero attached hydrogens (tertiary/aromatic N) is 3. The first-order valence-electron chi connectivity index (χ1n) is 8.68. The van der Waals surface area contributed by atoms with E-state index in [4.69, 9.17) is 9.15 Å². The lowest BCUT2D eigenvalue weighted by Gasteiger charge is -2.32. The van der Waals surface area contributed by atoms with Crippen LogP contribution < -0.4 is 0 Å². The number of likely N-dealkylation sites (tertiary alicyclic amines) is 1. The Balaban J connectivity index is 1.31. The van der Waals surface area contributed by atoms with E-state index in [0.717, 1.165) is 55.3 Å². The van der Waals surface area contributed by atoms with Crippen LogP contribution >= 0.6 is 0 Å². The van der Waals surface area contributed by atoms with E-state index in [1.165, 1.54) is 0 Å². The molecule has 1 aliphatic rings. The van der Waals surface area contributed by atoms with Gasteiger partial charge in [-0.05, 0) is 49.2 Å². The topological polar surface area (TPSA) is 67.2 Å². The minimum absolute atomic E-state index is 0.260. The fraction of sp³-hybridized carbons (Fsp3) is 0.368. The molecule has 4 heterocycles. The monoisotopic (exact) mass is 338 g/mol. The van der Waals surface area contributed by atoms with Gasteiger partial charge in [-0.3, -0.25) is 15.0 Å². The highest BCUT2D eigenvalue weighted by molar-refractivity contribution is 5.51. The van der Waals surface area contributed by atoms with Crippen LogP contribution in [0.15, 0.2) is 53.3 Å². The van der Waals surface area contributed by atoms with E-state index < -0.39 is 0 Å². The van der Waals surface area contributed by atoms with Gasteiger partial charge >= 0.3 is 0 Å². The Bertz CT molecular complexity index is 770. The van der Waals surface area contributed by atoms with E-state index in [9.17, 15) is 0 Å². The summed E-state index contributed by atoms with van der Waals surface area (Å²) in [5.41, 5.74) is 2.03. The van der Waals surface area contributed by atoms with Crippen molar-refractivity contribution < 1.29 is 9.15 Å². The van der Waals surface area contributed by atoms with Gasteiger partial charge in [0.2, 0.25) is 0 Å². The lowest BCUT2D eigenvalue weighted by Crippen LogP contribution is -2.39. The second-order valence-corrected chi connectivity index (χ2v) is 6.41. The van der Waals surface area contributed by atoms with Crippen molar-refractivity contribution in [2.45, 2.75) is 32.1 Å². The Morgan fingerprint density at radius 3 is 3.08 bits per heavy atom. The van der Waals surface area contributed by atoms with Crippen molar-refractivity contribution in [2.75, 3.05) is 13.1 Å². The van der Waals surface area contributed by atoms with E-state index in [-0.39, 0.29) is 6.10 Å². The molecule has 6 nitrogen and oxygen atoms in total. The van der Waals surface area contributed by atoms with E-state index >= 15 is 0 Å². The molecule has 0 spiro atoms. The number of nitrogens with one attached hydrogen (secondary N) is 1. The molecule has 1 aliphatic heterocycles. The maximum absolute atomic E-state index is 6.08. The molecule has 0 aliphatic carbocycles. The van der Waals surface area contributed by atoms with Crippen LogP contribution in [0.25, 0.3) is 11.5 Å². The number of H-pyrrole nitrogens is 1. The Hall–Kier alpha value is -2.44. The lowest BCUT2D eigenvalue weighted by atomic mass is 10.1. The lowest BCUT2D eigenvalue weighted by molar-refractivity contribution is -0.0134. The standard InChI is InChI=1S/C19H22N4O2/c1-3-15(11-20-8-1)14-24-16-4-2-10-23(12-16)13-17-5-6-19(25-17)18-7-9-21-22-18/h1,3,5-9,11,16H,2,4,10,12-14H2,(H,21,22). The summed E-state index contributed by atoms with van der Waals surface area (Å²) in [6, 6.07) is 9.93. The summed E-state index contributed by atoms with van der Waals surface area (Å²) < 4.78 is 12.0. The zero-order chi connectivity index (χ0) is 16.9. The normalized spacial score (nSPS) is 18.5. The number of furan rings is 1. The number of pyridine rings is 1. The summed E-state index contributed by atoms with van der Waals surface area (Å²) in [4.78, 5) is 6.53. The Morgan fingerprint density at radius 2 is 2.24 bits per heavy atom. The number of aromatic nitrogens is 3. The average molecular weight is 338 g/mol. The van der Waals surface area contributed by atoms with Crippen molar-refractivity contribution in [3.05, 3.63) is 60.2 Å². The summed E-state index contributed by atoms with van der Waals surface area (Å²) in [7, 11) is 0. The van der Waals surface area contributed by atoms with Gasteiger partial charge in [-0.25, -0.2) is 0 Å². The second kappa shape index (κ2) is 7.63. The van der Waals surface area contributed by atoms with Crippen molar-refractivity contribution in [3.63, 3.8) is 0 Å². The van der Waals surface area contributed by atoms with Crippen LogP contribution in [-0.2, 0) is 17.9 Å². The maximum atomic E-state index is 6.08. The first-order valence-corrected chi connectivity index (χ1v) is 8.68. The Morgan fingerprint density at radius 1 is 1.24 bits per heavy atom.